The molecule has 18 heavy (non-hydrogen) atoms. The average Bonchev–Trinajstić information content (AvgIpc) is 2.68. The molecular weight excluding hydrogens is 226 g/mol. The molecular formula is C14H13N3O. The number of fused-ring (bicyclic) bond motifs is 1. The number of amides is 1. The van der Waals surface area contributed by atoms with Gasteiger partial charge in [0.05, 0.1) is 13.0 Å². The van der Waals surface area contributed by atoms with Crippen LogP contribution in [0, 0.1) is 0 Å². The van der Waals surface area contributed by atoms with E-state index >= 15 is 0 Å². The second kappa shape index (κ2) is 4.14. The van der Waals surface area contributed by atoms with E-state index < -0.39 is 0 Å². The maximum atomic E-state index is 11.6. The van der Waals surface area contributed by atoms with Crippen LogP contribution in [0.3, 0.4) is 0 Å². The van der Waals surface area contributed by atoms with Crippen molar-refractivity contribution in [3.63, 3.8) is 0 Å². The van der Waals surface area contributed by atoms with Crippen molar-refractivity contribution < 1.29 is 4.79 Å². The topological polar surface area (TPSA) is 58.7 Å². The van der Waals surface area contributed by atoms with E-state index in [1.165, 1.54) is 15.8 Å². The standard InChI is InChI=1S/C14H13N3O/c15-13-8-14(18)17(16-13)9-10-5-6-11-3-1-2-4-12(11)7-10/h1-7H,8-9H2,(H2,15,16). The Morgan fingerprint density at radius 1 is 1.17 bits per heavy atom. The normalized spacial score (nSPS) is 15.2. The molecule has 0 aliphatic carbocycles. The number of hydrogen-bond acceptors (Lipinski definition) is 3. The number of nitrogens with zero attached hydrogens (tertiary/aromatic N) is 2. The molecule has 0 saturated carbocycles. The second-order valence-corrected chi connectivity index (χ2v) is 4.40. The molecule has 0 aromatic heterocycles. The fraction of sp³-hybridized carbons (Fsp3) is 0.143. The van der Waals surface area contributed by atoms with E-state index in [4.69, 9.17) is 5.73 Å². The molecule has 0 atom stereocenters. The Morgan fingerprint density at radius 3 is 2.67 bits per heavy atom. The van der Waals surface area contributed by atoms with E-state index in [2.05, 4.69) is 29.4 Å². The van der Waals surface area contributed by atoms with Gasteiger partial charge in [-0.3, -0.25) is 4.79 Å². The third-order valence-electron chi connectivity index (χ3n) is 3.02. The fourth-order valence-corrected chi connectivity index (χ4v) is 2.13. The molecule has 0 spiro atoms. The minimum absolute atomic E-state index is 0.0411. The van der Waals surface area contributed by atoms with Crippen molar-refractivity contribution >= 4 is 22.5 Å². The molecule has 4 nitrogen and oxygen atoms in total. The molecule has 1 aliphatic rings. The average molecular weight is 239 g/mol. The van der Waals surface area contributed by atoms with Gasteiger partial charge in [0.1, 0.15) is 5.84 Å². The van der Waals surface area contributed by atoms with Gasteiger partial charge in [-0.15, -0.1) is 0 Å². The van der Waals surface area contributed by atoms with Gasteiger partial charge in [0.25, 0.3) is 5.91 Å². The number of nitrogens with two attached hydrogens (primary N) is 1. The summed E-state index contributed by atoms with van der Waals surface area (Å²) in [7, 11) is 0. The highest BCUT2D eigenvalue weighted by molar-refractivity contribution is 6.02. The first-order valence-electron chi connectivity index (χ1n) is 5.83. The first-order valence-corrected chi connectivity index (χ1v) is 5.83. The largest absolute Gasteiger partial charge is 0.385 e. The molecule has 1 amide bonds. The minimum atomic E-state index is -0.0411. The highest BCUT2D eigenvalue weighted by atomic mass is 16.2. The Morgan fingerprint density at radius 2 is 1.94 bits per heavy atom. The van der Waals surface area contributed by atoms with Crippen molar-refractivity contribution in [2.24, 2.45) is 10.8 Å². The van der Waals surface area contributed by atoms with Crippen LogP contribution in [0.5, 0.6) is 0 Å². The third kappa shape index (κ3) is 1.93. The van der Waals surface area contributed by atoms with Gasteiger partial charge < -0.3 is 5.73 Å². The lowest BCUT2D eigenvalue weighted by Crippen LogP contribution is -2.20. The zero-order valence-corrected chi connectivity index (χ0v) is 9.84. The minimum Gasteiger partial charge on any atom is -0.385 e. The van der Waals surface area contributed by atoms with Crippen LogP contribution in [0.1, 0.15) is 12.0 Å². The highest BCUT2D eigenvalue weighted by Gasteiger charge is 2.21. The van der Waals surface area contributed by atoms with Crippen molar-refractivity contribution in [1.82, 2.24) is 5.01 Å². The summed E-state index contributed by atoms with van der Waals surface area (Å²) in [5, 5.41) is 7.81. The summed E-state index contributed by atoms with van der Waals surface area (Å²) >= 11 is 0. The van der Waals surface area contributed by atoms with E-state index in [1.807, 2.05) is 18.2 Å². The SMILES string of the molecule is NC1=NN(Cc2ccc3ccccc3c2)C(=O)C1. The second-order valence-electron chi connectivity index (χ2n) is 4.40. The molecule has 2 aromatic rings. The molecule has 0 fully saturated rings. The molecule has 1 aliphatic heterocycles. The molecule has 2 N–H and O–H groups in total. The number of rotatable bonds is 2. The van der Waals surface area contributed by atoms with E-state index in [9.17, 15) is 4.79 Å². The Hall–Kier alpha value is -2.36. The highest BCUT2D eigenvalue weighted by Crippen LogP contribution is 2.18. The predicted molar refractivity (Wildman–Crippen MR) is 70.7 cm³/mol. The van der Waals surface area contributed by atoms with Crippen LogP contribution in [0.15, 0.2) is 47.6 Å². The maximum Gasteiger partial charge on any atom is 0.250 e. The van der Waals surface area contributed by atoms with Gasteiger partial charge in [-0.2, -0.15) is 5.10 Å². The van der Waals surface area contributed by atoms with Gasteiger partial charge in [-0.05, 0) is 22.4 Å². The fourth-order valence-electron chi connectivity index (χ4n) is 2.13. The van der Waals surface area contributed by atoms with Crippen LogP contribution in [-0.4, -0.2) is 16.8 Å². The van der Waals surface area contributed by atoms with E-state index in [0.29, 0.717) is 12.4 Å². The summed E-state index contributed by atoms with van der Waals surface area (Å²) in [4.78, 5) is 11.6. The molecule has 3 rings (SSSR count). The van der Waals surface area contributed by atoms with Crippen LogP contribution >= 0.6 is 0 Å². The number of carbonyl (C=O) groups excluding carboxylic acids is 1. The number of hydrogen-bond donors (Lipinski definition) is 1. The number of carbonyl (C=O) groups is 1. The Labute approximate surface area is 105 Å². The zero-order chi connectivity index (χ0) is 12.5. The first kappa shape index (κ1) is 10.8. The summed E-state index contributed by atoms with van der Waals surface area (Å²) in [5.74, 6) is 0.349. The van der Waals surface area contributed by atoms with Gasteiger partial charge >= 0.3 is 0 Å². The summed E-state index contributed by atoms with van der Waals surface area (Å²) in [5.41, 5.74) is 6.60. The van der Waals surface area contributed by atoms with Crippen molar-refractivity contribution in [3.05, 3.63) is 48.0 Å². The van der Waals surface area contributed by atoms with E-state index in [-0.39, 0.29) is 12.3 Å². The van der Waals surface area contributed by atoms with Gasteiger partial charge in [0.15, 0.2) is 0 Å². The Balaban J connectivity index is 1.89. The van der Waals surface area contributed by atoms with Gasteiger partial charge in [0.2, 0.25) is 0 Å². The molecule has 1 heterocycles. The summed E-state index contributed by atoms with van der Waals surface area (Å²) < 4.78 is 0. The summed E-state index contributed by atoms with van der Waals surface area (Å²) in [6.07, 6.45) is 0.230. The molecule has 0 unspecified atom stereocenters. The third-order valence-corrected chi connectivity index (χ3v) is 3.02. The van der Waals surface area contributed by atoms with E-state index in [1.54, 1.807) is 0 Å². The van der Waals surface area contributed by atoms with Crippen LogP contribution < -0.4 is 5.73 Å². The summed E-state index contributed by atoms with van der Waals surface area (Å²) in [6.45, 7) is 0.477. The van der Waals surface area contributed by atoms with Crippen LogP contribution in [0.25, 0.3) is 10.8 Å². The Kier molecular flexibility index (Phi) is 2.48. The monoisotopic (exact) mass is 239 g/mol. The first-order chi connectivity index (χ1) is 8.72. The lowest BCUT2D eigenvalue weighted by atomic mass is 10.1. The van der Waals surface area contributed by atoms with Gasteiger partial charge in [-0.1, -0.05) is 36.4 Å². The van der Waals surface area contributed by atoms with Crippen molar-refractivity contribution in [2.75, 3.05) is 0 Å². The summed E-state index contributed by atoms with van der Waals surface area (Å²) in [6, 6.07) is 14.3. The number of amidine groups is 1. The lowest BCUT2D eigenvalue weighted by Gasteiger charge is -2.11. The van der Waals surface area contributed by atoms with Gasteiger partial charge in [0, 0.05) is 0 Å². The molecule has 4 heteroatoms. The smallest absolute Gasteiger partial charge is 0.250 e. The van der Waals surface area contributed by atoms with Crippen LogP contribution in [-0.2, 0) is 11.3 Å². The molecule has 0 bridgehead atoms. The quantitative estimate of drug-likeness (QED) is 0.869. The predicted octanol–water partition coefficient (Wildman–Crippen LogP) is 1.84. The zero-order valence-electron chi connectivity index (χ0n) is 9.84. The van der Waals surface area contributed by atoms with Gasteiger partial charge in [-0.25, -0.2) is 5.01 Å². The number of hydrazone groups is 1. The molecule has 2 aromatic carbocycles. The molecule has 0 radical (unpaired) electrons. The van der Waals surface area contributed by atoms with Crippen LogP contribution in [0.2, 0.25) is 0 Å². The van der Waals surface area contributed by atoms with Crippen molar-refractivity contribution in [2.45, 2.75) is 13.0 Å². The van der Waals surface area contributed by atoms with Crippen molar-refractivity contribution in [1.29, 1.82) is 0 Å². The lowest BCUT2D eigenvalue weighted by molar-refractivity contribution is -0.129. The van der Waals surface area contributed by atoms with Crippen molar-refractivity contribution in [3.8, 4) is 0 Å². The Bertz CT molecular complexity index is 648. The maximum absolute atomic E-state index is 11.6. The molecule has 90 valence electrons. The van der Waals surface area contributed by atoms with E-state index in [0.717, 1.165) is 5.56 Å². The van der Waals surface area contributed by atoms with Crippen LogP contribution in [0.4, 0.5) is 0 Å². The number of benzene rings is 2. The molecule has 0 saturated heterocycles.